The van der Waals surface area contributed by atoms with Gasteiger partial charge < -0.3 is 21.3 Å². The number of fused-ring (bicyclic) bond motifs is 1. The first-order chi connectivity index (χ1) is 17.3. The topological polar surface area (TPSA) is 159 Å². The number of phenols is 2. The maximum Gasteiger partial charge on any atom is 0.255 e. The van der Waals surface area contributed by atoms with E-state index in [1.807, 2.05) is 13.8 Å². The lowest BCUT2D eigenvalue weighted by Crippen LogP contribution is -2.11. The zero-order chi connectivity index (χ0) is 25.8. The van der Waals surface area contributed by atoms with Crippen LogP contribution in [0.5, 0.6) is 11.5 Å². The fourth-order valence-corrected chi connectivity index (χ4v) is 3.94. The molecule has 0 fully saturated rings. The first kappa shape index (κ1) is 24.9. The van der Waals surface area contributed by atoms with Crippen molar-refractivity contribution < 1.29 is 29.6 Å². The van der Waals surface area contributed by atoms with Gasteiger partial charge in [0.05, 0.1) is 16.9 Å². The quantitative estimate of drug-likeness (QED) is 0.0620. The number of nitrogens with two attached hydrogens (primary N) is 1. The first-order valence-electron chi connectivity index (χ1n) is 10.6. The fraction of sp³-hybridized carbons (Fsp3) is 0.0800. The second-order valence-corrected chi connectivity index (χ2v) is 8.68. The average Bonchev–Trinajstić information content (AvgIpc) is 2.85. The van der Waals surface area contributed by atoms with E-state index in [9.17, 15) is 15.0 Å². The van der Waals surface area contributed by atoms with Crippen LogP contribution in [-0.2, 0) is 9.37 Å². The Morgan fingerprint density at radius 3 is 2.42 bits per heavy atom. The number of hydrogen-bond donors (Lipinski definition) is 5. The number of nitrogen functional groups attached to an aromatic ring is 1. The number of carbonyl (C=O) groups excluding carboxylic acids is 1. The molecular formula is C25H22N4O6S. The highest BCUT2D eigenvalue weighted by Gasteiger charge is 2.16. The summed E-state index contributed by atoms with van der Waals surface area (Å²) in [4.78, 5) is 12.8. The van der Waals surface area contributed by atoms with Crippen LogP contribution in [-0.4, -0.2) is 21.4 Å². The molecule has 0 heterocycles. The van der Waals surface area contributed by atoms with E-state index in [-0.39, 0.29) is 33.7 Å². The third-order valence-electron chi connectivity index (χ3n) is 5.48. The normalized spacial score (nSPS) is 11.3. The van der Waals surface area contributed by atoms with Crippen molar-refractivity contribution in [2.75, 3.05) is 11.1 Å². The van der Waals surface area contributed by atoms with Crippen molar-refractivity contribution in [1.29, 1.82) is 0 Å². The Kier molecular flexibility index (Phi) is 7.36. The third-order valence-corrected chi connectivity index (χ3v) is 6.10. The van der Waals surface area contributed by atoms with Gasteiger partial charge in [0.2, 0.25) is 0 Å². The summed E-state index contributed by atoms with van der Waals surface area (Å²) < 4.78 is 4.57. The van der Waals surface area contributed by atoms with E-state index < -0.39 is 0 Å². The van der Waals surface area contributed by atoms with Crippen molar-refractivity contribution in [2.45, 2.75) is 18.7 Å². The minimum atomic E-state index is -0.330. The van der Waals surface area contributed by atoms with Crippen LogP contribution in [0.3, 0.4) is 0 Å². The number of anilines is 2. The van der Waals surface area contributed by atoms with Gasteiger partial charge in [0, 0.05) is 22.3 Å². The number of rotatable bonds is 7. The standard InChI is InChI=1S/C25H22N4O6S/c1-13-9-20(21(30)10-14(13)2)28-29-23-22(36-35-34-33)12-16-11-18(7-8-19(16)24(23)31)27-25(32)15-3-5-17(26)6-4-15/h3-12,30-31,33H,26H2,1-2H3,(H,27,32). The number of nitrogens with zero attached hydrogens (tertiary/aromatic N) is 2. The molecule has 184 valence electrons. The third kappa shape index (κ3) is 5.39. The molecule has 4 aromatic rings. The SMILES string of the molecule is Cc1cc(O)c(N=Nc2c(SOOO)cc3cc(NC(=O)c4ccc(N)cc4)ccc3c2O)cc1C. The highest BCUT2D eigenvalue weighted by atomic mass is 32.2. The Hall–Kier alpha value is -4.16. The molecule has 0 aliphatic heterocycles. The molecule has 0 bridgehead atoms. The lowest BCUT2D eigenvalue weighted by atomic mass is 10.1. The predicted molar refractivity (Wildman–Crippen MR) is 137 cm³/mol. The molecule has 0 atom stereocenters. The maximum absolute atomic E-state index is 12.6. The summed E-state index contributed by atoms with van der Waals surface area (Å²) in [5, 5.41) is 45.5. The van der Waals surface area contributed by atoms with E-state index in [4.69, 9.17) is 11.0 Å². The molecule has 6 N–H and O–H groups in total. The number of azo groups is 1. The largest absolute Gasteiger partial charge is 0.506 e. The van der Waals surface area contributed by atoms with Crippen LogP contribution < -0.4 is 11.1 Å². The van der Waals surface area contributed by atoms with Gasteiger partial charge in [-0.15, -0.1) is 14.6 Å². The first-order valence-corrected chi connectivity index (χ1v) is 11.3. The zero-order valence-electron chi connectivity index (χ0n) is 19.2. The second kappa shape index (κ2) is 10.6. The van der Waals surface area contributed by atoms with Crippen molar-refractivity contribution in [3.8, 4) is 11.5 Å². The van der Waals surface area contributed by atoms with Gasteiger partial charge >= 0.3 is 0 Å². The number of aryl methyl sites for hydroxylation is 2. The summed E-state index contributed by atoms with van der Waals surface area (Å²) in [5.74, 6) is -0.614. The molecule has 11 heteroatoms. The number of benzene rings is 4. The van der Waals surface area contributed by atoms with Crippen LogP contribution >= 0.6 is 12.0 Å². The summed E-state index contributed by atoms with van der Waals surface area (Å²) in [5.41, 5.74) is 9.18. The van der Waals surface area contributed by atoms with Crippen molar-refractivity contribution in [1.82, 2.24) is 0 Å². The summed E-state index contributed by atoms with van der Waals surface area (Å²) in [7, 11) is 0. The highest BCUT2D eigenvalue weighted by Crippen LogP contribution is 2.45. The molecule has 0 spiro atoms. The Morgan fingerprint density at radius 2 is 1.69 bits per heavy atom. The van der Waals surface area contributed by atoms with Crippen LogP contribution in [0.15, 0.2) is 75.8 Å². The molecule has 0 saturated heterocycles. The summed E-state index contributed by atoms with van der Waals surface area (Å²) in [6.45, 7) is 3.73. The number of amides is 1. The Morgan fingerprint density at radius 1 is 0.972 bits per heavy atom. The molecule has 1 amide bonds. The highest BCUT2D eigenvalue weighted by molar-refractivity contribution is 7.94. The molecule has 0 aliphatic rings. The van der Waals surface area contributed by atoms with E-state index in [1.54, 1.807) is 60.7 Å². The predicted octanol–water partition coefficient (Wildman–Crippen LogP) is 6.55. The van der Waals surface area contributed by atoms with Gasteiger partial charge in [0.1, 0.15) is 17.1 Å². The molecule has 4 rings (SSSR count). The summed E-state index contributed by atoms with van der Waals surface area (Å²) >= 11 is 0.591. The van der Waals surface area contributed by atoms with E-state index in [2.05, 4.69) is 24.9 Å². The minimum Gasteiger partial charge on any atom is -0.506 e. The van der Waals surface area contributed by atoms with E-state index in [0.717, 1.165) is 11.1 Å². The summed E-state index contributed by atoms with van der Waals surface area (Å²) in [6.07, 6.45) is 0. The van der Waals surface area contributed by atoms with E-state index in [0.29, 0.717) is 39.8 Å². The lowest BCUT2D eigenvalue weighted by molar-refractivity contribution is -0.432. The molecule has 4 aromatic carbocycles. The summed E-state index contributed by atoms with van der Waals surface area (Å²) in [6, 6.07) is 16.3. The molecule has 0 aliphatic carbocycles. The number of phenolic OH excluding ortho intramolecular Hbond substituents is 2. The van der Waals surface area contributed by atoms with Crippen molar-refractivity contribution in [3.05, 3.63) is 77.4 Å². The van der Waals surface area contributed by atoms with Gasteiger partial charge in [0.15, 0.2) is 5.75 Å². The number of carbonyl (C=O) groups is 1. The van der Waals surface area contributed by atoms with Gasteiger partial charge in [0.25, 0.3) is 5.91 Å². The van der Waals surface area contributed by atoms with E-state index >= 15 is 0 Å². The molecule has 36 heavy (non-hydrogen) atoms. The molecular weight excluding hydrogens is 484 g/mol. The van der Waals surface area contributed by atoms with Gasteiger partial charge in [-0.25, -0.2) is 5.26 Å². The molecule has 0 radical (unpaired) electrons. The van der Waals surface area contributed by atoms with Crippen molar-refractivity contribution in [2.24, 2.45) is 10.2 Å². The van der Waals surface area contributed by atoms with Gasteiger partial charge in [-0.1, -0.05) is 5.04 Å². The maximum atomic E-state index is 12.6. The lowest BCUT2D eigenvalue weighted by Gasteiger charge is -2.11. The molecule has 0 unspecified atom stereocenters. The molecule has 0 saturated carbocycles. The zero-order valence-corrected chi connectivity index (χ0v) is 20.0. The Bertz CT molecular complexity index is 1470. The minimum absolute atomic E-state index is 0.0286. The smallest absolute Gasteiger partial charge is 0.255 e. The van der Waals surface area contributed by atoms with Gasteiger partial charge in [-0.2, -0.15) is 0 Å². The van der Waals surface area contributed by atoms with Crippen molar-refractivity contribution in [3.63, 3.8) is 0 Å². The van der Waals surface area contributed by atoms with Crippen LogP contribution in [0.2, 0.25) is 0 Å². The second-order valence-electron chi connectivity index (χ2n) is 7.94. The van der Waals surface area contributed by atoms with E-state index in [1.165, 1.54) is 0 Å². The van der Waals surface area contributed by atoms with Crippen LogP contribution in [0.4, 0.5) is 22.7 Å². The van der Waals surface area contributed by atoms with Crippen molar-refractivity contribution >= 4 is 51.5 Å². The van der Waals surface area contributed by atoms with Crippen LogP contribution in [0, 0.1) is 13.8 Å². The van der Waals surface area contributed by atoms with Crippen LogP contribution in [0.25, 0.3) is 10.8 Å². The Labute approximate surface area is 210 Å². The van der Waals surface area contributed by atoms with Gasteiger partial charge in [-0.3, -0.25) is 4.79 Å². The van der Waals surface area contributed by atoms with Crippen LogP contribution in [0.1, 0.15) is 21.5 Å². The number of hydrogen-bond acceptors (Lipinski definition) is 10. The van der Waals surface area contributed by atoms with Gasteiger partial charge in [-0.05, 0) is 91.0 Å². The Balaban J connectivity index is 1.71. The molecule has 10 nitrogen and oxygen atoms in total. The fourth-order valence-electron chi connectivity index (χ4n) is 3.45. The number of nitrogens with one attached hydrogen (secondary N) is 1. The average molecular weight is 507 g/mol. The monoisotopic (exact) mass is 506 g/mol. The molecule has 0 aromatic heterocycles. The number of aromatic hydroxyl groups is 2.